The lowest BCUT2D eigenvalue weighted by atomic mass is 9.99. The maximum atomic E-state index is 4.65. The second kappa shape index (κ2) is 3.39. The Morgan fingerprint density at radius 2 is 1.71 bits per heavy atom. The summed E-state index contributed by atoms with van der Waals surface area (Å²) >= 11 is 0. The van der Waals surface area contributed by atoms with Crippen LogP contribution in [0.25, 0.3) is 11.1 Å². The highest BCUT2D eigenvalue weighted by atomic mass is 14.7. The van der Waals surface area contributed by atoms with Gasteiger partial charge in [-0.1, -0.05) is 6.07 Å². The van der Waals surface area contributed by atoms with Crippen LogP contribution in [0.15, 0.2) is 12.1 Å². The van der Waals surface area contributed by atoms with Gasteiger partial charge >= 0.3 is 0 Å². The average Bonchev–Trinajstić information content (AvgIpc) is 2.65. The highest BCUT2D eigenvalue weighted by molar-refractivity contribution is 5.79. The molecule has 0 atom stereocenters. The summed E-state index contributed by atoms with van der Waals surface area (Å²) in [5.41, 5.74) is 9.92. The van der Waals surface area contributed by atoms with Crippen LogP contribution in [0.4, 0.5) is 0 Å². The van der Waals surface area contributed by atoms with Crippen molar-refractivity contribution in [1.29, 1.82) is 0 Å². The summed E-state index contributed by atoms with van der Waals surface area (Å²) in [6.07, 6.45) is 0.937. The second-order valence-electron chi connectivity index (χ2n) is 4.88. The van der Waals surface area contributed by atoms with Crippen molar-refractivity contribution >= 4 is 0 Å². The topological polar surface area (TPSA) is 25.8 Å². The summed E-state index contributed by atoms with van der Waals surface area (Å²) in [7, 11) is 0. The number of fused-ring (bicyclic) bond motifs is 3. The molecule has 0 amide bonds. The molecule has 0 radical (unpaired) electrons. The fraction of sp³-hybridized carbons (Fsp3) is 0.333. The van der Waals surface area contributed by atoms with Crippen LogP contribution in [0.5, 0.6) is 0 Å². The fourth-order valence-electron chi connectivity index (χ4n) is 2.71. The molecule has 1 aliphatic carbocycles. The highest BCUT2D eigenvalue weighted by Gasteiger charge is 2.24. The van der Waals surface area contributed by atoms with Gasteiger partial charge in [-0.25, -0.2) is 0 Å². The smallest absolute Gasteiger partial charge is 0.0529 e. The molecule has 2 heteroatoms. The first-order valence-electron chi connectivity index (χ1n) is 6.01. The maximum Gasteiger partial charge on any atom is 0.0529 e. The summed E-state index contributed by atoms with van der Waals surface area (Å²) in [5.74, 6) is 0. The first kappa shape index (κ1) is 10.5. The van der Waals surface area contributed by atoms with Gasteiger partial charge in [-0.15, -0.1) is 0 Å². The average molecular weight is 224 g/mol. The third-order valence-corrected chi connectivity index (χ3v) is 3.72. The van der Waals surface area contributed by atoms with E-state index in [0.717, 1.165) is 23.5 Å². The lowest BCUT2D eigenvalue weighted by Crippen LogP contribution is -1.97. The van der Waals surface area contributed by atoms with E-state index in [0.29, 0.717) is 0 Å². The van der Waals surface area contributed by atoms with Crippen molar-refractivity contribution in [2.24, 2.45) is 0 Å². The summed E-state index contributed by atoms with van der Waals surface area (Å²) in [6, 6.07) is 4.30. The number of aryl methyl sites for hydroxylation is 3. The minimum Gasteiger partial charge on any atom is -0.258 e. The standard InChI is InChI=1S/C15H16N2/c1-8-5-6-12-14(16-8)7-13-11(4)17-10(3)9(2)15(12)13/h5-6H,7H2,1-4H3. The van der Waals surface area contributed by atoms with Crippen molar-refractivity contribution < 1.29 is 0 Å². The van der Waals surface area contributed by atoms with Gasteiger partial charge in [-0.3, -0.25) is 9.97 Å². The zero-order valence-corrected chi connectivity index (χ0v) is 10.8. The minimum atomic E-state index is 0.937. The number of nitrogens with zero attached hydrogens (tertiary/aromatic N) is 2. The van der Waals surface area contributed by atoms with Gasteiger partial charge in [0.05, 0.1) is 5.69 Å². The molecule has 17 heavy (non-hydrogen) atoms. The van der Waals surface area contributed by atoms with Crippen LogP contribution in [-0.2, 0) is 6.42 Å². The molecule has 2 nitrogen and oxygen atoms in total. The third-order valence-electron chi connectivity index (χ3n) is 3.72. The Balaban J connectivity index is 2.35. The number of aromatic nitrogens is 2. The van der Waals surface area contributed by atoms with Crippen LogP contribution in [0.3, 0.4) is 0 Å². The number of pyridine rings is 2. The molecule has 0 N–H and O–H groups in total. The monoisotopic (exact) mass is 224 g/mol. The van der Waals surface area contributed by atoms with E-state index in [1.807, 2.05) is 6.92 Å². The van der Waals surface area contributed by atoms with Gasteiger partial charge in [0.15, 0.2) is 0 Å². The Labute approximate surface area is 102 Å². The first-order chi connectivity index (χ1) is 8.08. The van der Waals surface area contributed by atoms with Crippen LogP contribution in [0.1, 0.15) is 33.9 Å². The number of hydrogen-bond acceptors (Lipinski definition) is 2. The first-order valence-corrected chi connectivity index (χ1v) is 6.01. The van der Waals surface area contributed by atoms with Crippen LogP contribution in [0, 0.1) is 27.7 Å². The Bertz CT molecular complexity index is 627. The lowest BCUT2D eigenvalue weighted by Gasteiger charge is -2.10. The van der Waals surface area contributed by atoms with Gasteiger partial charge in [-0.05, 0) is 50.5 Å². The van der Waals surface area contributed by atoms with Gasteiger partial charge in [0.1, 0.15) is 0 Å². The molecule has 2 aromatic rings. The van der Waals surface area contributed by atoms with E-state index in [4.69, 9.17) is 0 Å². The quantitative estimate of drug-likeness (QED) is 0.585. The lowest BCUT2D eigenvalue weighted by molar-refractivity contribution is 1.02. The van der Waals surface area contributed by atoms with Gasteiger partial charge < -0.3 is 0 Å². The van der Waals surface area contributed by atoms with Crippen LogP contribution in [-0.4, -0.2) is 9.97 Å². The van der Waals surface area contributed by atoms with Crippen molar-refractivity contribution in [2.75, 3.05) is 0 Å². The highest BCUT2D eigenvalue weighted by Crippen LogP contribution is 2.39. The van der Waals surface area contributed by atoms with E-state index in [9.17, 15) is 0 Å². The van der Waals surface area contributed by atoms with E-state index in [2.05, 4.69) is 42.9 Å². The molecular weight excluding hydrogens is 208 g/mol. The summed E-state index contributed by atoms with van der Waals surface area (Å²) in [4.78, 5) is 9.27. The zero-order valence-electron chi connectivity index (χ0n) is 10.8. The molecule has 0 unspecified atom stereocenters. The van der Waals surface area contributed by atoms with Gasteiger partial charge in [-0.2, -0.15) is 0 Å². The van der Waals surface area contributed by atoms with Crippen molar-refractivity contribution in [3.05, 3.63) is 46.0 Å². The SMILES string of the molecule is Cc1ccc2c(n1)Cc1c(C)nc(C)c(C)c1-2. The molecule has 0 fully saturated rings. The van der Waals surface area contributed by atoms with Crippen LogP contribution < -0.4 is 0 Å². The number of rotatable bonds is 0. The Hall–Kier alpha value is -1.70. The summed E-state index contributed by atoms with van der Waals surface area (Å²) in [5, 5.41) is 0. The molecule has 0 aliphatic heterocycles. The molecule has 3 rings (SSSR count). The fourth-order valence-corrected chi connectivity index (χ4v) is 2.71. The molecule has 0 saturated heterocycles. The predicted octanol–water partition coefficient (Wildman–Crippen LogP) is 3.28. The zero-order chi connectivity index (χ0) is 12.2. The van der Waals surface area contributed by atoms with Crippen molar-refractivity contribution in [3.8, 4) is 11.1 Å². The Kier molecular flexibility index (Phi) is 2.09. The predicted molar refractivity (Wildman–Crippen MR) is 69.2 cm³/mol. The molecule has 0 bridgehead atoms. The largest absolute Gasteiger partial charge is 0.258 e. The van der Waals surface area contributed by atoms with E-state index in [1.165, 1.54) is 27.9 Å². The second-order valence-corrected chi connectivity index (χ2v) is 4.88. The Morgan fingerprint density at radius 1 is 0.941 bits per heavy atom. The van der Waals surface area contributed by atoms with Crippen molar-refractivity contribution in [1.82, 2.24) is 9.97 Å². The van der Waals surface area contributed by atoms with Crippen molar-refractivity contribution in [2.45, 2.75) is 34.1 Å². The molecule has 1 aliphatic rings. The van der Waals surface area contributed by atoms with Gasteiger partial charge in [0.2, 0.25) is 0 Å². The third kappa shape index (κ3) is 1.40. The van der Waals surface area contributed by atoms with Gasteiger partial charge in [0.25, 0.3) is 0 Å². The van der Waals surface area contributed by atoms with Gasteiger partial charge in [0, 0.05) is 29.1 Å². The normalized spacial score (nSPS) is 12.5. The molecule has 0 spiro atoms. The van der Waals surface area contributed by atoms with E-state index >= 15 is 0 Å². The van der Waals surface area contributed by atoms with Crippen LogP contribution >= 0.6 is 0 Å². The van der Waals surface area contributed by atoms with E-state index in [-0.39, 0.29) is 0 Å². The Morgan fingerprint density at radius 3 is 2.47 bits per heavy atom. The summed E-state index contributed by atoms with van der Waals surface area (Å²) in [6.45, 7) is 8.40. The molecule has 86 valence electrons. The molecule has 0 aromatic carbocycles. The summed E-state index contributed by atoms with van der Waals surface area (Å²) < 4.78 is 0. The molecular formula is C15H16N2. The van der Waals surface area contributed by atoms with Crippen molar-refractivity contribution in [3.63, 3.8) is 0 Å². The van der Waals surface area contributed by atoms with Crippen LogP contribution in [0.2, 0.25) is 0 Å². The number of hydrogen-bond donors (Lipinski definition) is 0. The molecule has 2 heterocycles. The molecule has 0 saturated carbocycles. The maximum absolute atomic E-state index is 4.65. The van der Waals surface area contributed by atoms with E-state index in [1.54, 1.807) is 0 Å². The minimum absolute atomic E-state index is 0.937. The van der Waals surface area contributed by atoms with E-state index < -0.39 is 0 Å². The molecule has 2 aromatic heterocycles.